The molecular formula is C16H27N3O2. The fraction of sp³-hybridized carbons (Fsp3) is 0.625. The lowest BCUT2D eigenvalue weighted by atomic mass is 10.2. The van der Waals surface area contributed by atoms with Crippen molar-refractivity contribution in [3.63, 3.8) is 0 Å². The van der Waals surface area contributed by atoms with Crippen LogP contribution >= 0.6 is 0 Å². The highest BCUT2D eigenvalue weighted by Crippen LogP contribution is 2.15. The van der Waals surface area contributed by atoms with E-state index in [9.17, 15) is 4.79 Å². The van der Waals surface area contributed by atoms with Crippen LogP contribution in [0.5, 0.6) is 5.88 Å². The molecule has 2 atom stereocenters. The second kappa shape index (κ2) is 8.62. The van der Waals surface area contributed by atoms with Gasteiger partial charge in [0.05, 0.1) is 12.1 Å². The van der Waals surface area contributed by atoms with Crippen molar-refractivity contribution in [1.82, 2.24) is 15.6 Å². The number of aromatic nitrogens is 1. The van der Waals surface area contributed by atoms with Crippen molar-refractivity contribution in [3.8, 4) is 5.88 Å². The van der Waals surface area contributed by atoms with E-state index < -0.39 is 0 Å². The fourth-order valence-electron chi connectivity index (χ4n) is 1.71. The minimum atomic E-state index is -0.258. The molecule has 0 spiro atoms. The molecule has 5 nitrogen and oxygen atoms in total. The molecule has 2 unspecified atom stereocenters. The number of hydrogen-bond donors (Lipinski definition) is 2. The van der Waals surface area contributed by atoms with Crippen molar-refractivity contribution in [2.75, 3.05) is 0 Å². The van der Waals surface area contributed by atoms with Crippen LogP contribution in [0.3, 0.4) is 0 Å². The minimum absolute atomic E-state index is 0.0135. The minimum Gasteiger partial charge on any atom is -0.475 e. The van der Waals surface area contributed by atoms with E-state index in [-0.39, 0.29) is 24.1 Å². The van der Waals surface area contributed by atoms with Gasteiger partial charge >= 0.3 is 0 Å². The third-order valence-electron chi connectivity index (χ3n) is 3.19. The first-order chi connectivity index (χ1) is 9.93. The quantitative estimate of drug-likeness (QED) is 0.772. The molecule has 5 heteroatoms. The summed E-state index contributed by atoms with van der Waals surface area (Å²) in [7, 11) is 0. The number of rotatable bonds is 8. The van der Waals surface area contributed by atoms with Gasteiger partial charge in [-0.15, -0.1) is 0 Å². The summed E-state index contributed by atoms with van der Waals surface area (Å²) in [6.07, 6.45) is 2.71. The van der Waals surface area contributed by atoms with E-state index in [0.29, 0.717) is 12.4 Å². The van der Waals surface area contributed by atoms with Crippen LogP contribution in [-0.4, -0.2) is 29.1 Å². The standard InChI is InChI=1S/C16H27N3O2/c1-6-12(4)19-15(20)13(5)18-10-14-8-7-9-17-16(14)21-11(2)3/h7-9,11-13,18H,6,10H2,1-5H3,(H,19,20). The average Bonchev–Trinajstić information content (AvgIpc) is 2.45. The Morgan fingerprint density at radius 2 is 2.05 bits per heavy atom. The molecule has 0 saturated carbocycles. The summed E-state index contributed by atoms with van der Waals surface area (Å²) in [5.41, 5.74) is 0.953. The van der Waals surface area contributed by atoms with Gasteiger partial charge in [-0.25, -0.2) is 4.98 Å². The predicted octanol–water partition coefficient (Wildman–Crippen LogP) is 2.26. The van der Waals surface area contributed by atoms with Crippen LogP contribution in [0.15, 0.2) is 18.3 Å². The fourth-order valence-corrected chi connectivity index (χ4v) is 1.71. The second-order valence-electron chi connectivity index (χ2n) is 5.55. The van der Waals surface area contributed by atoms with E-state index >= 15 is 0 Å². The molecule has 0 aliphatic heterocycles. The maximum Gasteiger partial charge on any atom is 0.237 e. The summed E-state index contributed by atoms with van der Waals surface area (Å²) >= 11 is 0. The van der Waals surface area contributed by atoms with Gasteiger partial charge in [0.1, 0.15) is 0 Å². The smallest absolute Gasteiger partial charge is 0.237 e. The van der Waals surface area contributed by atoms with Crippen LogP contribution in [0.4, 0.5) is 0 Å². The molecule has 1 heterocycles. The van der Waals surface area contributed by atoms with Crippen molar-refractivity contribution >= 4 is 5.91 Å². The molecule has 2 N–H and O–H groups in total. The van der Waals surface area contributed by atoms with E-state index in [1.54, 1.807) is 6.20 Å². The number of pyridine rings is 1. The topological polar surface area (TPSA) is 63.2 Å². The number of hydrogen-bond acceptors (Lipinski definition) is 4. The maximum absolute atomic E-state index is 12.0. The lowest BCUT2D eigenvalue weighted by Gasteiger charge is -2.18. The van der Waals surface area contributed by atoms with Crippen molar-refractivity contribution in [2.45, 2.75) is 65.8 Å². The normalized spacial score (nSPS) is 13.8. The van der Waals surface area contributed by atoms with Crippen LogP contribution in [0.25, 0.3) is 0 Å². The summed E-state index contributed by atoms with van der Waals surface area (Å²) in [4.78, 5) is 16.2. The molecule has 0 saturated heterocycles. The summed E-state index contributed by atoms with van der Waals surface area (Å²) in [5.74, 6) is 0.633. The molecule has 21 heavy (non-hydrogen) atoms. The molecule has 1 aromatic heterocycles. The lowest BCUT2D eigenvalue weighted by Crippen LogP contribution is -2.45. The molecule has 118 valence electrons. The van der Waals surface area contributed by atoms with E-state index in [2.05, 4.69) is 15.6 Å². The monoisotopic (exact) mass is 293 g/mol. The highest BCUT2D eigenvalue weighted by atomic mass is 16.5. The highest BCUT2D eigenvalue weighted by Gasteiger charge is 2.15. The summed E-state index contributed by atoms with van der Waals surface area (Å²) in [6, 6.07) is 3.76. The van der Waals surface area contributed by atoms with Crippen molar-refractivity contribution in [3.05, 3.63) is 23.9 Å². The molecular weight excluding hydrogens is 266 g/mol. The molecule has 0 aromatic carbocycles. The van der Waals surface area contributed by atoms with Crippen molar-refractivity contribution in [2.24, 2.45) is 0 Å². The Morgan fingerprint density at radius 3 is 2.67 bits per heavy atom. The van der Waals surface area contributed by atoms with Crippen LogP contribution in [0.2, 0.25) is 0 Å². The van der Waals surface area contributed by atoms with Gasteiger partial charge in [0.15, 0.2) is 0 Å². The van der Waals surface area contributed by atoms with Crippen LogP contribution < -0.4 is 15.4 Å². The molecule has 1 amide bonds. The summed E-state index contributed by atoms with van der Waals surface area (Å²) in [5, 5.41) is 6.17. The van der Waals surface area contributed by atoms with Crippen LogP contribution in [0.1, 0.15) is 46.6 Å². The van der Waals surface area contributed by atoms with Gasteiger partial charge in [-0.3, -0.25) is 4.79 Å². The van der Waals surface area contributed by atoms with Crippen LogP contribution in [-0.2, 0) is 11.3 Å². The Hall–Kier alpha value is -1.62. The Bertz CT molecular complexity index is 449. The second-order valence-corrected chi connectivity index (χ2v) is 5.55. The maximum atomic E-state index is 12.0. The van der Waals surface area contributed by atoms with Gasteiger partial charge in [-0.1, -0.05) is 13.0 Å². The molecule has 0 aliphatic rings. The number of carbonyl (C=O) groups is 1. The molecule has 1 rings (SSSR count). The van der Waals surface area contributed by atoms with Crippen LogP contribution in [0, 0.1) is 0 Å². The molecule has 1 aromatic rings. The largest absolute Gasteiger partial charge is 0.475 e. The number of amides is 1. The first-order valence-corrected chi connectivity index (χ1v) is 7.58. The third kappa shape index (κ3) is 6.12. The lowest BCUT2D eigenvalue weighted by molar-refractivity contribution is -0.123. The summed E-state index contributed by atoms with van der Waals surface area (Å²) in [6.45, 7) is 10.4. The highest BCUT2D eigenvalue weighted by molar-refractivity contribution is 5.81. The Labute approximate surface area is 127 Å². The van der Waals surface area contributed by atoms with E-state index in [1.807, 2.05) is 46.8 Å². The first kappa shape index (κ1) is 17.4. The molecule has 0 aliphatic carbocycles. The third-order valence-corrected chi connectivity index (χ3v) is 3.19. The van der Waals surface area contributed by atoms with Crippen molar-refractivity contribution < 1.29 is 9.53 Å². The van der Waals surface area contributed by atoms with E-state index in [1.165, 1.54) is 0 Å². The molecule has 0 fully saturated rings. The number of nitrogens with one attached hydrogen (secondary N) is 2. The number of carbonyl (C=O) groups excluding carboxylic acids is 1. The van der Waals surface area contributed by atoms with E-state index in [0.717, 1.165) is 12.0 Å². The average molecular weight is 293 g/mol. The first-order valence-electron chi connectivity index (χ1n) is 7.58. The predicted molar refractivity (Wildman–Crippen MR) is 84.2 cm³/mol. The Morgan fingerprint density at radius 1 is 1.33 bits per heavy atom. The van der Waals surface area contributed by atoms with Crippen molar-refractivity contribution in [1.29, 1.82) is 0 Å². The van der Waals surface area contributed by atoms with Gasteiger partial charge in [0, 0.05) is 24.3 Å². The Balaban J connectivity index is 2.56. The molecule has 0 bridgehead atoms. The van der Waals surface area contributed by atoms with Gasteiger partial charge in [-0.2, -0.15) is 0 Å². The van der Waals surface area contributed by atoms with Gasteiger partial charge in [0.2, 0.25) is 11.8 Å². The SMILES string of the molecule is CCC(C)NC(=O)C(C)NCc1cccnc1OC(C)C. The summed E-state index contributed by atoms with van der Waals surface area (Å²) < 4.78 is 5.67. The number of ether oxygens (including phenoxy) is 1. The zero-order valence-corrected chi connectivity index (χ0v) is 13.6. The van der Waals surface area contributed by atoms with Gasteiger partial charge < -0.3 is 15.4 Å². The zero-order valence-electron chi connectivity index (χ0n) is 13.6. The Kier molecular flexibility index (Phi) is 7.15. The molecule has 0 radical (unpaired) electrons. The van der Waals surface area contributed by atoms with E-state index in [4.69, 9.17) is 4.74 Å². The number of nitrogens with zero attached hydrogens (tertiary/aromatic N) is 1. The zero-order chi connectivity index (χ0) is 15.8. The van der Waals surface area contributed by atoms with Gasteiger partial charge in [0.25, 0.3) is 0 Å². The van der Waals surface area contributed by atoms with Gasteiger partial charge in [-0.05, 0) is 40.2 Å².